The van der Waals surface area contributed by atoms with E-state index in [4.69, 9.17) is 11.6 Å². The predicted octanol–water partition coefficient (Wildman–Crippen LogP) is 4.23. The minimum absolute atomic E-state index is 0.291. The van der Waals surface area contributed by atoms with Gasteiger partial charge in [-0.25, -0.2) is 5.01 Å². The fourth-order valence-electron chi connectivity index (χ4n) is 2.23. The summed E-state index contributed by atoms with van der Waals surface area (Å²) in [6, 6.07) is 13.8. The molecule has 0 aromatic heterocycles. The number of hydrogen-bond acceptors (Lipinski definition) is 2. The minimum Gasteiger partial charge on any atom is -0.267 e. The maximum absolute atomic E-state index is 12.8. The topological polar surface area (TPSA) is 49.4 Å². The normalized spacial score (nSPS) is 11.0. The van der Waals surface area contributed by atoms with Gasteiger partial charge in [-0.2, -0.15) is 0 Å². The van der Waals surface area contributed by atoms with E-state index in [0.29, 0.717) is 16.1 Å². The molecule has 2 aromatic carbocycles. The lowest BCUT2D eigenvalue weighted by Gasteiger charge is -2.35. The molecule has 0 aliphatic rings. The monoisotopic (exact) mass is 344 g/mol. The maximum Gasteiger partial charge on any atom is 0.272 e. The molecular formula is C19H21ClN2O2. The van der Waals surface area contributed by atoms with Crippen LogP contribution < -0.4 is 5.43 Å². The zero-order chi connectivity index (χ0) is 17.9. The second-order valence-corrected chi connectivity index (χ2v) is 7.01. The highest BCUT2D eigenvalue weighted by atomic mass is 35.5. The first kappa shape index (κ1) is 18.0. The van der Waals surface area contributed by atoms with Crippen LogP contribution in [0.5, 0.6) is 0 Å². The molecule has 0 aliphatic carbocycles. The molecule has 0 fully saturated rings. The highest BCUT2D eigenvalue weighted by Crippen LogP contribution is 2.18. The van der Waals surface area contributed by atoms with Crippen molar-refractivity contribution in [2.75, 3.05) is 0 Å². The van der Waals surface area contributed by atoms with Crippen LogP contribution in [0.25, 0.3) is 0 Å². The molecule has 2 amide bonds. The summed E-state index contributed by atoms with van der Waals surface area (Å²) in [5.74, 6) is -0.605. The van der Waals surface area contributed by atoms with E-state index in [1.165, 1.54) is 5.01 Å². The van der Waals surface area contributed by atoms with Crippen LogP contribution in [0.3, 0.4) is 0 Å². The van der Waals surface area contributed by atoms with Crippen LogP contribution in [0.2, 0.25) is 5.02 Å². The molecule has 0 unspecified atom stereocenters. The molecule has 126 valence electrons. The van der Waals surface area contributed by atoms with Crippen LogP contribution in [0.1, 0.15) is 47.1 Å². The van der Waals surface area contributed by atoms with Gasteiger partial charge in [0.2, 0.25) is 0 Å². The summed E-state index contributed by atoms with van der Waals surface area (Å²) >= 11 is 5.87. The van der Waals surface area contributed by atoms with Crippen molar-refractivity contribution >= 4 is 23.4 Å². The van der Waals surface area contributed by atoms with E-state index in [1.54, 1.807) is 36.4 Å². The second-order valence-electron chi connectivity index (χ2n) is 6.57. The molecule has 0 heterocycles. The molecule has 1 N–H and O–H groups in total. The summed E-state index contributed by atoms with van der Waals surface area (Å²) in [7, 11) is 0. The first-order chi connectivity index (χ1) is 11.2. The molecular weight excluding hydrogens is 324 g/mol. The fraction of sp³-hybridized carbons (Fsp3) is 0.263. The van der Waals surface area contributed by atoms with E-state index < -0.39 is 5.54 Å². The Morgan fingerprint density at radius 2 is 1.58 bits per heavy atom. The molecule has 0 saturated carbocycles. The summed E-state index contributed by atoms with van der Waals surface area (Å²) in [5.41, 5.74) is 4.00. The van der Waals surface area contributed by atoms with Crippen LogP contribution in [0.4, 0.5) is 0 Å². The number of hydrogen-bond donors (Lipinski definition) is 1. The lowest BCUT2D eigenvalue weighted by molar-refractivity contribution is 0.0358. The largest absolute Gasteiger partial charge is 0.272 e. The summed E-state index contributed by atoms with van der Waals surface area (Å²) < 4.78 is 0. The van der Waals surface area contributed by atoms with Gasteiger partial charge in [0.05, 0.1) is 5.54 Å². The summed E-state index contributed by atoms with van der Waals surface area (Å²) in [4.78, 5) is 25.4. The van der Waals surface area contributed by atoms with E-state index in [1.807, 2.05) is 39.8 Å². The quantitative estimate of drug-likeness (QED) is 0.828. The van der Waals surface area contributed by atoms with Crippen molar-refractivity contribution in [2.45, 2.75) is 33.2 Å². The van der Waals surface area contributed by atoms with Crippen LogP contribution in [-0.4, -0.2) is 22.4 Å². The van der Waals surface area contributed by atoms with Gasteiger partial charge < -0.3 is 0 Å². The first-order valence-electron chi connectivity index (χ1n) is 7.67. The number of carbonyl (C=O) groups is 2. The Morgan fingerprint density at radius 3 is 2.12 bits per heavy atom. The Balaban J connectivity index is 2.29. The van der Waals surface area contributed by atoms with Gasteiger partial charge in [-0.3, -0.25) is 15.0 Å². The number of aryl methyl sites for hydroxylation is 1. The van der Waals surface area contributed by atoms with Crippen molar-refractivity contribution in [3.8, 4) is 0 Å². The van der Waals surface area contributed by atoms with Gasteiger partial charge >= 0.3 is 0 Å². The molecule has 5 heteroatoms. The highest BCUT2D eigenvalue weighted by Gasteiger charge is 2.29. The van der Waals surface area contributed by atoms with Gasteiger partial charge in [-0.05, 0) is 63.6 Å². The number of nitrogens with one attached hydrogen (secondary N) is 1. The number of carbonyl (C=O) groups excluding carboxylic acids is 2. The maximum atomic E-state index is 12.8. The van der Waals surface area contributed by atoms with Crippen molar-refractivity contribution in [3.05, 3.63) is 70.2 Å². The lowest BCUT2D eigenvalue weighted by atomic mass is 10.1. The average molecular weight is 345 g/mol. The molecule has 0 spiro atoms. The standard InChI is InChI=1S/C19H21ClN2O2/c1-13-7-5-6-8-16(13)17(23)21-22(19(2,3)4)18(24)14-9-11-15(20)12-10-14/h5-12H,1-4H3,(H,21,23). The number of benzene rings is 2. The van der Waals surface area contributed by atoms with Crippen LogP contribution in [-0.2, 0) is 0 Å². The lowest BCUT2D eigenvalue weighted by Crippen LogP contribution is -2.56. The van der Waals surface area contributed by atoms with Crippen molar-refractivity contribution in [2.24, 2.45) is 0 Å². The average Bonchev–Trinajstić information content (AvgIpc) is 2.52. The van der Waals surface area contributed by atoms with Crippen LogP contribution in [0, 0.1) is 6.92 Å². The Morgan fingerprint density at radius 1 is 1.00 bits per heavy atom. The van der Waals surface area contributed by atoms with Gasteiger partial charge in [0.15, 0.2) is 0 Å². The number of halogens is 1. The third-order valence-corrected chi connectivity index (χ3v) is 3.82. The van der Waals surface area contributed by atoms with Crippen molar-refractivity contribution < 1.29 is 9.59 Å². The van der Waals surface area contributed by atoms with Gasteiger partial charge in [-0.15, -0.1) is 0 Å². The van der Waals surface area contributed by atoms with E-state index in [-0.39, 0.29) is 11.8 Å². The Kier molecular flexibility index (Phi) is 5.30. The van der Waals surface area contributed by atoms with Crippen LogP contribution >= 0.6 is 11.6 Å². The molecule has 4 nitrogen and oxygen atoms in total. The molecule has 0 radical (unpaired) electrons. The molecule has 0 saturated heterocycles. The Hall–Kier alpha value is -2.33. The number of nitrogens with zero attached hydrogens (tertiary/aromatic N) is 1. The summed E-state index contributed by atoms with van der Waals surface area (Å²) in [5, 5.41) is 1.91. The number of amides is 2. The van der Waals surface area contributed by atoms with E-state index in [0.717, 1.165) is 5.56 Å². The van der Waals surface area contributed by atoms with E-state index >= 15 is 0 Å². The van der Waals surface area contributed by atoms with E-state index in [9.17, 15) is 9.59 Å². The van der Waals surface area contributed by atoms with Gasteiger partial charge in [0.25, 0.3) is 11.8 Å². The molecule has 2 aromatic rings. The third-order valence-electron chi connectivity index (χ3n) is 3.57. The molecule has 2 rings (SSSR count). The molecule has 24 heavy (non-hydrogen) atoms. The molecule has 0 bridgehead atoms. The van der Waals surface area contributed by atoms with Crippen LogP contribution in [0.15, 0.2) is 48.5 Å². The van der Waals surface area contributed by atoms with Crippen molar-refractivity contribution in [1.82, 2.24) is 10.4 Å². The zero-order valence-corrected chi connectivity index (χ0v) is 15.0. The fourth-order valence-corrected chi connectivity index (χ4v) is 2.36. The van der Waals surface area contributed by atoms with Crippen molar-refractivity contribution in [1.29, 1.82) is 0 Å². The number of rotatable bonds is 2. The summed E-state index contributed by atoms with van der Waals surface area (Å²) in [6.45, 7) is 7.44. The highest BCUT2D eigenvalue weighted by molar-refractivity contribution is 6.30. The van der Waals surface area contributed by atoms with Gasteiger partial charge in [-0.1, -0.05) is 29.8 Å². The van der Waals surface area contributed by atoms with Gasteiger partial charge in [0.1, 0.15) is 0 Å². The van der Waals surface area contributed by atoms with Crippen molar-refractivity contribution in [3.63, 3.8) is 0 Å². The SMILES string of the molecule is Cc1ccccc1C(=O)NN(C(=O)c1ccc(Cl)cc1)C(C)(C)C. The summed E-state index contributed by atoms with van der Waals surface area (Å²) in [6.07, 6.45) is 0. The van der Waals surface area contributed by atoms with Gasteiger partial charge in [0, 0.05) is 16.1 Å². The van der Waals surface area contributed by atoms with E-state index in [2.05, 4.69) is 5.43 Å². The zero-order valence-electron chi connectivity index (χ0n) is 14.3. The smallest absolute Gasteiger partial charge is 0.267 e. The third kappa shape index (κ3) is 4.15. The number of hydrazine groups is 1. The first-order valence-corrected chi connectivity index (χ1v) is 8.04. The second kappa shape index (κ2) is 7.05. The Bertz CT molecular complexity index is 749. The molecule has 0 aliphatic heterocycles. The minimum atomic E-state index is -0.588. The molecule has 0 atom stereocenters. The predicted molar refractivity (Wildman–Crippen MR) is 96.0 cm³/mol. The Labute approximate surface area is 147 Å².